The quantitative estimate of drug-likeness (QED) is 0.690. The van der Waals surface area contributed by atoms with E-state index in [1.807, 2.05) is 0 Å². The maximum Gasteiger partial charge on any atom is 0.321 e. The number of carbonyl (C=O) groups excluding carboxylic acids is 1. The van der Waals surface area contributed by atoms with Gasteiger partial charge in [0.15, 0.2) is 0 Å². The number of hydrogen-bond acceptors (Lipinski definition) is 4. The van der Waals surface area contributed by atoms with Crippen molar-refractivity contribution in [3.63, 3.8) is 0 Å². The van der Waals surface area contributed by atoms with Crippen molar-refractivity contribution in [2.45, 2.75) is 38.1 Å². The Hall–Kier alpha value is -0.620. The van der Waals surface area contributed by atoms with Gasteiger partial charge in [0.05, 0.1) is 13.4 Å². The Morgan fingerprint density at radius 3 is 2.31 bits per heavy atom. The van der Waals surface area contributed by atoms with Gasteiger partial charge >= 0.3 is 5.97 Å². The fourth-order valence-electron chi connectivity index (χ4n) is 2.08. The minimum Gasteiger partial charge on any atom is -0.468 e. The van der Waals surface area contributed by atoms with Gasteiger partial charge < -0.3 is 4.74 Å². The summed E-state index contributed by atoms with van der Waals surface area (Å²) in [6, 6.07) is -0.0390. The summed E-state index contributed by atoms with van der Waals surface area (Å²) in [7, 11) is -2.07. The minimum absolute atomic E-state index is 0.0390. The molecule has 0 aromatic rings. The normalized spacial score (nSPS) is 18.7. The molecule has 0 N–H and O–H groups in total. The molecule has 1 aliphatic carbocycles. The SMILES string of the molecule is COC(=O)CN(C1CCCCC1)S(C)(=O)=O. The summed E-state index contributed by atoms with van der Waals surface area (Å²) >= 11 is 0. The van der Waals surface area contributed by atoms with Crippen molar-refractivity contribution in [1.29, 1.82) is 0 Å². The molecule has 1 aliphatic rings. The van der Waals surface area contributed by atoms with Gasteiger partial charge in [-0.25, -0.2) is 8.42 Å². The maximum absolute atomic E-state index is 11.6. The van der Waals surface area contributed by atoms with E-state index in [0.717, 1.165) is 38.4 Å². The Labute approximate surface area is 96.8 Å². The summed E-state index contributed by atoms with van der Waals surface area (Å²) in [6.07, 6.45) is 6.01. The Bertz CT molecular complexity index is 333. The van der Waals surface area contributed by atoms with Crippen LogP contribution in [0.25, 0.3) is 0 Å². The molecule has 0 unspecified atom stereocenters. The lowest BCUT2D eigenvalue weighted by Gasteiger charge is -2.31. The van der Waals surface area contributed by atoms with Gasteiger partial charge in [0, 0.05) is 6.04 Å². The highest BCUT2D eigenvalue weighted by molar-refractivity contribution is 7.88. The van der Waals surface area contributed by atoms with Crippen LogP contribution in [0.2, 0.25) is 0 Å². The van der Waals surface area contributed by atoms with E-state index in [1.165, 1.54) is 11.4 Å². The minimum atomic E-state index is -3.34. The summed E-state index contributed by atoms with van der Waals surface area (Å²) in [4.78, 5) is 11.2. The maximum atomic E-state index is 11.6. The number of methoxy groups -OCH3 is 1. The number of carbonyl (C=O) groups is 1. The molecule has 94 valence electrons. The average molecular weight is 249 g/mol. The summed E-state index contributed by atoms with van der Waals surface area (Å²) in [6.45, 7) is -0.167. The fraction of sp³-hybridized carbons (Fsp3) is 0.900. The molecule has 0 heterocycles. The van der Waals surface area contributed by atoms with Crippen molar-refractivity contribution in [3.05, 3.63) is 0 Å². The number of ether oxygens (including phenoxy) is 1. The molecular formula is C10H19NO4S. The molecule has 0 saturated heterocycles. The van der Waals surface area contributed by atoms with E-state index in [0.29, 0.717) is 0 Å². The van der Waals surface area contributed by atoms with Crippen LogP contribution in [-0.2, 0) is 19.6 Å². The third-order valence-electron chi connectivity index (χ3n) is 2.92. The molecule has 1 fully saturated rings. The number of rotatable bonds is 4. The first kappa shape index (κ1) is 13.4. The van der Waals surface area contributed by atoms with Gasteiger partial charge in [0.1, 0.15) is 6.54 Å². The van der Waals surface area contributed by atoms with Crippen LogP contribution in [-0.4, -0.2) is 44.6 Å². The monoisotopic (exact) mass is 249 g/mol. The van der Waals surface area contributed by atoms with Gasteiger partial charge in [-0.15, -0.1) is 0 Å². The van der Waals surface area contributed by atoms with Crippen molar-refractivity contribution in [2.24, 2.45) is 0 Å². The van der Waals surface area contributed by atoms with Crippen molar-refractivity contribution in [3.8, 4) is 0 Å². The molecular weight excluding hydrogens is 230 g/mol. The highest BCUT2D eigenvalue weighted by atomic mass is 32.2. The summed E-state index contributed by atoms with van der Waals surface area (Å²) in [5.74, 6) is -0.504. The largest absolute Gasteiger partial charge is 0.468 e. The third-order valence-corrected chi connectivity index (χ3v) is 4.20. The average Bonchev–Trinajstić information content (AvgIpc) is 2.25. The Balaban J connectivity index is 2.74. The number of esters is 1. The highest BCUT2D eigenvalue weighted by Gasteiger charge is 2.29. The highest BCUT2D eigenvalue weighted by Crippen LogP contribution is 2.24. The molecule has 0 aromatic carbocycles. The van der Waals surface area contributed by atoms with Crippen LogP contribution in [0.1, 0.15) is 32.1 Å². The molecule has 1 rings (SSSR count). The second-order valence-electron chi connectivity index (χ2n) is 4.18. The van der Waals surface area contributed by atoms with E-state index < -0.39 is 16.0 Å². The number of sulfonamides is 1. The molecule has 6 heteroatoms. The summed E-state index contributed by atoms with van der Waals surface area (Å²) < 4.78 is 29.0. The van der Waals surface area contributed by atoms with Gasteiger partial charge in [0.25, 0.3) is 0 Å². The molecule has 1 saturated carbocycles. The second kappa shape index (κ2) is 5.63. The van der Waals surface area contributed by atoms with E-state index in [-0.39, 0.29) is 12.6 Å². The molecule has 0 bridgehead atoms. The zero-order valence-electron chi connectivity index (χ0n) is 9.81. The summed E-state index contributed by atoms with van der Waals surface area (Å²) in [5, 5.41) is 0. The second-order valence-corrected chi connectivity index (χ2v) is 6.11. The van der Waals surface area contributed by atoms with Crippen LogP contribution in [0.3, 0.4) is 0 Å². The summed E-state index contributed by atoms with van der Waals surface area (Å²) in [5.41, 5.74) is 0. The Morgan fingerprint density at radius 1 is 1.31 bits per heavy atom. The van der Waals surface area contributed by atoms with Crippen LogP contribution in [0.15, 0.2) is 0 Å². The smallest absolute Gasteiger partial charge is 0.321 e. The Kier molecular flexibility index (Phi) is 4.73. The molecule has 0 aliphatic heterocycles. The van der Waals surface area contributed by atoms with E-state index >= 15 is 0 Å². The predicted octanol–water partition coefficient (Wildman–Crippen LogP) is 0.754. The first-order valence-electron chi connectivity index (χ1n) is 5.49. The van der Waals surface area contributed by atoms with Gasteiger partial charge in [-0.1, -0.05) is 19.3 Å². The molecule has 0 radical (unpaired) electrons. The molecule has 0 spiro atoms. The lowest BCUT2D eigenvalue weighted by atomic mass is 9.95. The van der Waals surface area contributed by atoms with E-state index in [2.05, 4.69) is 4.74 Å². The molecule has 16 heavy (non-hydrogen) atoms. The first-order valence-corrected chi connectivity index (χ1v) is 7.33. The standard InChI is InChI=1S/C10H19NO4S/c1-15-10(12)8-11(16(2,13)14)9-6-4-3-5-7-9/h9H,3-8H2,1-2H3. The third kappa shape index (κ3) is 3.75. The fourth-order valence-corrected chi connectivity index (χ4v) is 3.17. The molecule has 0 amide bonds. The van der Waals surface area contributed by atoms with Crippen molar-refractivity contribution in [1.82, 2.24) is 4.31 Å². The van der Waals surface area contributed by atoms with Crippen molar-refractivity contribution in [2.75, 3.05) is 19.9 Å². The number of nitrogens with zero attached hydrogens (tertiary/aromatic N) is 1. The first-order chi connectivity index (χ1) is 7.45. The lowest BCUT2D eigenvalue weighted by Crippen LogP contribution is -2.44. The van der Waals surface area contributed by atoms with E-state index in [9.17, 15) is 13.2 Å². The van der Waals surface area contributed by atoms with Crippen molar-refractivity contribution < 1.29 is 17.9 Å². The Morgan fingerprint density at radius 2 is 1.88 bits per heavy atom. The molecule has 0 aromatic heterocycles. The number of hydrogen-bond donors (Lipinski definition) is 0. The van der Waals surface area contributed by atoms with Gasteiger partial charge in [-0.3, -0.25) is 4.79 Å². The van der Waals surface area contributed by atoms with Crippen LogP contribution >= 0.6 is 0 Å². The van der Waals surface area contributed by atoms with E-state index in [4.69, 9.17) is 0 Å². The van der Waals surface area contributed by atoms with Crippen LogP contribution < -0.4 is 0 Å². The van der Waals surface area contributed by atoms with Crippen LogP contribution in [0.4, 0.5) is 0 Å². The molecule has 0 atom stereocenters. The van der Waals surface area contributed by atoms with Gasteiger partial charge in [-0.05, 0) is 12.8 Å². The van der Waals surface area contributed by atoms with Gasteiger partial charge in [0.2, 0.25) is 10.0 Å². The molecule has 5 nitrogen and oxygen atoms in total. The predicted molar refractivity (Wildman–Crippen MR) is 60.4 cm³/mol. The zero-order chi connectivity index (χ0) is 12.2. The van der Waals surface area contributed by atoms with E-state index in [1.54, 1.807) is 0 Å². The lowest BCUT2D eigenvalue weighted by molar-refractivity contribution is -0.141. The van der Waals surface area contributed by atoms with Gasteiger partial charge in [-0.2, -0.15) is 4.31 Å². The zero-order valence-corrected chi connectivity index (χ0v) is 10.6. The topological polar surface area (TPSA) is 63.7 Å². The van der Waals surface area contributed by atoms with Crippen LogP contribution in [0, 0.1) is 0 Å². The van der Waals surface area contributed by atoms with Crippen molar-refractivity contribution >= 4 is 16.0 Å². The van der Waals surface area contributed by atoms with Crippen LogP contribution in [0.5, 0.6) is 0 Å².